The summed E-state index contributed by atoms with van der Waals surface area (Å²) in [6.45, 7) is 3.35. The molecule has 7 heteroatoms. The van der Waals surface area contributed by atoms with Crippen molar-refractivity contribution in [2.45, 2.75) is 19.9 Å². The lowest BCUT2D eigenvalue weighted by Crippen LogP contribution is -2.50. The summed E-state index contributed by atoms with van der Waals surface area (Å²) in [7, 11) is 0. The first-order chi connectivity index (χ1) is 7.38. The Hall–Kier alpha value is -1.24. The number of primary amides is 1. The van der Waals surface area contributed by atoms with Crippen LogP contribution >= 0.6 is 12.6 Å². The molecule has 3 amide bonds. The molecule has 0 aromatic heterocycles. The van der Waals surface area contributed by atoms with Gasteiger partial charge in [0.1, 0.15) is 6.04 Å². The first-order valence-electron chi connectivity index (χ1n) is 4.84. The molecule has 4 N–H and O–H groups in total. The highest BCUT2D eigenvalue weighted by Gasteiger charge is 2.21. The van der Waals surface area contributed by atoms with Gasteiger partial charge in [0.2, 0.25) is 17.7 Å². The summed E-state index contributed by atoms with van der Waals surface area (Å²) in [5.41, 5.74) is 5.11. The van der Waals surface area contributed by atoms with Crippen LogP contribution in [0.3, 0.4) is 0 Å². The Kier molecular flexibility index (Phi) is 6.55. The van der Waals surface area contributed by atoms with Crippen LogP contribution in [-0.4, -0.2) is 36.1 Å². The number of hydrogen-bond donors (Lipinski definition) is 4. The van der Waals surface area contributed by atoms with Crippen LogP contribution in [0.5, 0.6) is 0 Å². The van der Waals surface area contributed by atoms with E-state index in [1.165, 1.54) is 0 Å². The number of hydrogen-bond acceptors (Lipinski definition) is 4. The van der Waals surface area contributed by atoms with Crippen LogP contribution in [0, 0.1) is 5.92 Å². The topological polar surface area (TPSA) is 101 Å². The van der Waals surface area contributed by atoms with Crippen molar-refractivity contribution < 1.29 is 14.4 Å². The van der Waals surface area contributed by atoms with Crippen LogP contribution in [0.25, 0.3) is 0 Å². The number of carbonyl (C=O) groups excluding carboxylic acids is 3. The molecule has 0 saturated carbocycles. The molecule has 0 fully saturated rings. The van der Waals surface area contributed by atoms with E-state index < -0.39 is 17.9 Å². The Labute approximate surface area is 99.7 Å². The largest absolute Gasteiger partial charge is 0.368 e. The highest BCUT2D eigenvalue weighted by atomic mass is 32.1. The zero-order valence-corrected chi connectivity index (χ0v) is 10.2. The molecule has 0 aliphatic carbocycles. The minimum Gasteiger partial charge on any atom is -0.368 e. The number of carbonyl (C=O) groups is 3. The average Bonchev–Trinajstić information content (AvgIpc) is 2.21. The summed E-state index contributed by atoms with van der Waals surface area (Å²) in [6, 6.07) is -0.722. The van der Waals surface area contributed by atoms with Crippen molar-refractivity contribution in [3.63, 3.8) is 0 Å². The van der Waals surface area contributed by atoms with E-state index in [0.717, 1.165) is 0 Å². The van der Waals surface area contributed by atoms with Gasteiger partial charge in [0.25, 0.3) is 0 Å². The van der Waals surface area contributed by atoms with E-state index in [1.807, 2.05) is 0 Å². The molecule has 0 bridgehead atoms. The third kappa shape index (κ3) is 5.59. The first-order valence-corrected chi connectivity index (χ1v) is 5.48. The predicted octanol–water partition coefficient (Wildman–Crippen LogP) is -1.34. The van der Waals surface area contributed by atoms with Gasteiger partial charge in [0, 0.05) is 0 Å². The van der Waals surface area contributed by atoms with Crippen molar-refractivity contribution in [1.29, 1.82) is 0 Å². The van der Waals surface area contributed by atoms with Crippen molar-refractivity contribution >= 4 is 30.4 Å². The maximum Gasteiger partial charge on any atom is 0.240 e. The molecule has 0 heterocycles. The molecule has 0 aromatic carbocycles. The van der Waals surface area contributed by atoms with Crippen LogP contribution in [0.15, 0.2) is 0 Å². The van der Waals surface area contributed by atoms with Gasteiger partial charge in [-0.05, 0) is 5.92 Å². The Morgan fingerprint density at radius 1 is 1.25 bits per heavy atom. The number of nitrogens with one attached hydrogen (secondary N) is 2. The monoisotopic (exact) mass is 247 g/mol. The minimum absolute atomic E-state index is 0.0106. The van der Waals surface area contributed by atoms with Crippen molar-refractivity contribution in [2.24, 2.45) is 11.7 Å². The second-order valence-electron chi connectivity index (χ2n) is 3.63. The molecule has 0 saturated heterocycles. The summed E-state index contributed by atoms with van der Waals surface area (Å²) >= 11 is 3.74. The van der Waals surface area contributed by atoms with E-state index in [4.69, 9.17) is 5.73 Å². The van der Waals surface area contributed by atoms with E-state index in [1.54, 1.807) is 13.8 Å². The number of thiol groups is 1. The second kappa shape index (κ2) is 7.10. The lowest BCUT2D eigenvalue weighted by Gasteiger charge is -2.18. The fourth-order valence-electron chi connectivity index (χ4n) is 1.03. The lowest BCUT2D eigenvalue weighted by atomic mass is 10.0. The van der Waals surface area contributed by atoms with E-state index >= 15 is 0 Å². The summed E-state index contributed by atoms with van der Waals surface area (Å²) < 4.78 is 0. The van der Waals surface area contributed by atoms with Gasteiger partial charge in [0.05, 0.1) is 12.3 Å². The second-order valence-corrected chi connectivity index (χ2v) is 3.94. The molecule has 0 aliphatic rings. The molecular formula is C9H17N3O3S. The van der Waals surface area contributed by atoms with E-state index in [2.05, 4.69) is 23.3 Å². The SMILES string of the molecule is CC(C)[C@H](NC(=O)CNC(=O)CS)C(N)=O. The molecule has 0 aromatic rings. The Balaban J connectivity index is 4.11. The standard InChI is InChI=1S/C9H17N3O3S/c1-5(2)8(9(10)15)12-6(13)3-11-7(14)4-16/h5,8,16H,3-4H2,1-2H3,(H2,10,15)(H,11,14)(H,12,13)/t8-/m0/s1. The quantitative estimate of drug-likeness (QED) is 0.437. The average molecular weight is 247 g/mol. The summed E-state index contributed by atoms with van der Waals surface area (Å²) in [6.07, 6.45) is 0. The Morgan fingerprint density at radius 2 is 1.81 bits per heavy atom. The van der Waals surface area contributed by atoms with Crippen molar-refractivity contribution in [1.82, 2.24) is 10.6 Å². The minimum atomic E-state index is -0.722. The van der Waals surface area contributed by atoms with Crippen molar-refractivity contribution in [3.8, 4) is 0 Å². The highest BCUT2D eigenvalue weighted by Crippen LogP contribution is 1.99. The van der Waals surface area contributed by atoms with E-state index in [9.17, 15) is 14.4 Å². The number of nitrogens with two attached hydrogens (primary N) is 1. The van der Waals surface area contributed by atoms with Gasteiger partial charge in [-0.15, -0.1) is 0 Å². The highest BCUT2D eigenvalue weighted by molar-refractivity contribution is 7.81. The van der Waals surface area contributed by atoms with Crippen LogP contribution in [0.4, 0.5) is 0 Å². The third-order valence-electron chi connectivity index (χ3n) is 1.88. The predicted molar refractivity (Wildman–Crippen MR) is 62.8 cm³/mol. The van der Waals surface area contributed by atoms with Gasteiger partial charge >= 0.3 is 0 Å². The first kappa shape index (κ1) is 14.8. The molecule has 16 heavy (non-hydrogen) atoms. The molecule has 92 valence electrons. The molecule has 0 spiro atoms. The molecular weight excluding hydrogens is 230 g/mol. The zero-order valence-electron chi connectivity index (χ0n) is 9.32. The molecule has 0 aliphatic heterocycles. The van der Waals surface area contributed by atoms with E-state index in [0.29, 0.717) is 0 Å². The Morgan fingerprint density at radius 3 is 2.19 bits per heavy atom. The summed E-state index contributed by atoms with van der Waals surface area (Å²) in [5.74, 6) is -1.48. The van der Waals surface area contributed by atoms with Gasteiger partial charge in [-0.3, -0.25) is 14.4 Å². The molecule has 0 rings (SSSR count). The number of rotatable bonds is 6. The van der Waals surface area contributed by atoms with Crippen LogP contribution in [0.2, 0.25) is 0 Å². The molecule has 0 radical (unpaired) electrons. The summed E-state index contributed by atoms with van der Waals surface area (Å²) in [4.78, 5) is 33.1. The smallest absolute Gasteiger partial charge is 0.240 e. The normalized spacial score (nSPS) is 12.0. The fraction of sp³-hybridized carbons (Fsp3) is 0.667. The van der Waals surface area contributed by atoms with Crippen LogP contribution in [-0.2, 0) is 14.4 Å². The van der Waals surface area contributed by atoms with E-state index in [-0.39, 0.29) is 24.1 Å². The van der Waals surface area contributed by atoms with Gasteiger partial charge in [-0.2, -0.15) is 12.6 Å². The van der Waals surface area contributed by atoms with Crippen LogP contribution in [0.1, 0.15) is 13.8 Å². The van der Waals surface area contributed by atoms with Gasteiger partial charge in [-0.25, -0.2) is 0 Å². The van der Waals surface area contributed by atoms with Crippen LogP contribution < -0.4 is 16.4 Å². The molecule has 1 atom stereocenters. The summed E-state index contributed by atoms with van der Waals surface area (Å²) in [5, 5.41) is 4.78. The fourth-order valence-corrected chi connectivity index (χ4v) is 1.14. The maximum absolute atomic E-state index is 11.3. The van der Waals surface area contributed by atoms with Crippen molar-refractivity contribution in [2.75, 3.05) is 12.3 Å². The van der Waals surface area contributed by atoms with Gasteiger partial charge in [-0.1, -0.05) is 13.8 Å². The number of amides is 3. The molecule has 6 nitrogen and oxygen atoms in total. The van der Waals surface area contributed by atoms with Crippen molar-refractivity contribution in [3.05, 3.63) is 0 Å². The van der Waals surface area contributed by atoms with Gasteiger partial charge < -0.3 is 16.4 Å². The third-order valence-corrected chi connectivity index (χ3v) is 2.17. The molecule has 0 unspecified atom stereocenters. The lowest BCUT2D eigenvalue weighted by molar-refractivity contribution is -0.129. The maximum atomic E-state index is 11.3. The Bertz CT molecular complexity index is 281. The van der Waals surface area contributed by atoms with Gasteiger partial charge in [0.15, 0.2) is 0 Å². The zero-order chi connectivity index (χ0) is 12.7.